The van der Waals surface area contributed by atoms with E-state index in [9.17, 15) is 19.2 Å². The second-order valence-corrected chi connectivity index (χ2v) is 6.31. The van der Waals surface area contributed by atoms with Crippen molar-refractivity contribution >= 4 is 23.8 Å². The van der Waals surface area contributed by atoms with Crippen LogP contribution in [0.1, 0.15) is 43.2 Å². The molecule has 0 atom stereocenters. The minimum absolute atomic E-state index is 0.208. The van der Waals surface area contributed by atoms with Crippen LogP contribution in [0.2, 0.25) is 0 Å². The molecule has 9 heteroatoms. The van der Waals surface area contributed by atoms with Gasteiger partial charge in [-0.2, -0.15) is 0 Å². The number of hydrogen-bond acceptors (Lipinski definition) is 6. The van der Waals surface area contributed by atoms with Crippen molar-refractivity contribution in [3.63, 3.8) is 0 Å². The van der Waals surface area contributed by atoms with Crippen LogP contribution < -0.4 is 10.6 Å². The molecule has 2 rings (SSSR count). The van der Waals surface area contributed by atoms with E-state index in [-0.39, 0.29) is 17.6 Å². The van der Waals surface area contributed by atoms with Crippen molar-refractivity contribution in [3.8, 4) is 0 Å². The summed E-state index contributed by atoms with van der Waals surface area (Å²) in [6.07, 6.45) is 4.08. The molecule has 4 amide bonds. The molecule has 1 aliphatic rings. The van der Waals surface area contributed by atoms with E-state index in [1.54, 1.807) is 17.0 Å². The van der Waals surface area contributed by atoms with Crippen molar-refractivity contribution in [2.75, 3.05) is 26.2 Å². The summed E-state index contributed by atoms with van der Waals surface area (Å²) in [5.74, 6) is -1.49. The molecular formula is C18H25N3O6. The minimum atomic E-state index is -0.678. The smallest absolute Gasteiger partial charge is 0.321 e. The first-order valence-electron chi connectivity index (χ1n) is 9.08. The number of ether oxygens (including phenoxy) is 1. The zero-order valence-corrected chi connectivity index (χ0v) is 15.4. The number of carbonyl (C=O) groups is 4. The molecule has 2 N–H and O–H groups in total. The number of rotatable bonds is 7. The number of carbonyl (C=O) groups excluding carboxylic acids is 4. The Morgan fingerprint density at radius 2 is 2.00 bits per heavy atom. The number of nitrogens with one attached hydrogen (secondary N) is 2. The van der Waals surface area contributed by atoms with Gasteiger partial charge in [-0.15, -0.1) is 0 Å². The molecule has 0 unspecified atom stereocenters. The van der Waals surface area contributed by atoms with Crippen LogP contribution in [-0.2, 0) is 14.3 Å². The summed E-state index contributed by atoms with van der Waals surface area (Å²) < 4.78 is 10.1. The Balaban J connectivity index is 1.66. The topological polar surface area (TPSA) is 118 Å². The quantitative estimate of drug-likeness (QED) is 0.545. The second-order valence-electron chi connectivity index (χ2n) is 6.31. The molecular weight excluding hydrogens is 354 g/mol. The number of urea groups is 1. The summed E-state index contributed by atoms with van der Waals surface area (Å²) in [7, 11) is 0. The molecule has 1 aromatic rings. The van der Waals surface area contributed by atoms with Gasteiger partial charge in [-0.1, -0.05) is 13.3 Å². The maximum absolute atomic E-state index is 12.2. The first-order valence-corrected chi connectivity index (χ1v) is 9.08. The van der Waals surface area contributed by atoms with Crippen molar-refractivity contribution in [1.29, 1.82) is 0 Å². The summed E-state index contributed by atoms with van der Waals surface area (Å²) in [4.78, 5) is 49.0. The minimum Gasteiger partial charge on any atom is -0.459 e. The van der Waals surface area contributed by atoms with Crippen molar-refractivity contribution < 1.29 is 28.3 Å². The van der Waals surface area contributed by atoms with Crippen LogP contribution in [0.3, 0.4) is 0 Å². The van der Waals surface area contributed by atoms with Crippen molar-refractivity contribution in [2.45, 2.75) is 32.6 Å². The van der Waals surface area contributed by atoms with Crippen LogP contribution in [0.5, 0.6) is 0 Å². The number of hydrogen-bond donors (Lipinski definition) is 2. The predicted molar refractivity (Wildman–Crippen MR) is 94.7 cm³/mol. The van der Waals surface area contributed by atoms with E-state index in [2.05, 4.69) is 10.6 Å². The molecule has 1 fully saturated rings. The van der Waals surface area contributed by atoms with Crippen LogP contribution >= 0.6 is 0 Å². The zero-order chi connectivity index (χ0) is 19.6. The highest BCUT2D eigenvalue weighted by atomic mass is 16.5. The highest BCUT2D eigenvalue weighted by Crippen LogP contribution is 2.20. The molecule has 2 heterocycles. The van der Waals surface area contributed by atoms with Crippen LogP contribution in [-0.4, -0.2) is 55.0 Å². The Morgan fingerprint density at radius 3 is 2.63 bits per heavy atom. The SMILES string of the molecule is CCCCNC(=O)NC(=O)COC(=O)C1CCN(C(=O)c2ccco2)CC1. The molecule has 0 aromatic carbocycles. The second kappa shape index (κ2) is 10.3. The summed E-state index contributed by atoms with van der Waals surface area (Å²) in [6.45, 7) is 2.77. The lowest BCUT2D eigenvalue weighted by molar-refractivity contribution is -0.153. The Morgan fingerprint density at radius 1 is 1.26 bits per heavy atom. The third kappa shape index (κ3) is 6.43. The van der Waals surface area contributed by atoms with Crippen molar-refractivity contribution in [1.82, 2.24) is 15.5 Å². The number of furan rings is 1. The van der Waals surface area contributed by atoms with E-state index in [0.29, 0.717) is 32.5 Å². The summed E-state index contributed by atoms with van der Waals surface area (Å²) in [5.41, 5.74) is 0. The average molecular weight is 379 g/mol. The number of unbranched alkanes of at least 4 members (excludes halogenated alkanes) is 1. The van der Waals surface area contributed by atoms with E-state index in [0.717, 1.165) is 12.8 Å². The average Bonchev–Trinajstić information content (AvgIpc) is 3.20. The Bertz CT molecular complexity index is 650. The van der Waals surface area contributed by atoms with Gasteiger partial charge in [-0.05, 0) is 31.4 Å². The highest BCUT2D eigenvalue weighted by Gasteiger charge is 2.30. The van der Waals surface area contributed by atoms with Gasteiger partial charge in [0.1, 0.15) is 0 Å². The van der Waals surface area contributed by atoms with Gasteiger partial charge >= 0.3 is 12.0 Å². The van der Waals surface area contributed by atoms with Crippen molar-refractivity contribution in [2.24, 2.45) is 5.92 Å². The number of amides is 4. The molecule has 148 valence electrons. The number of likely N-dealkylation sites (tertiary alicyclic amines) is 1. The molecule has 1 aromatic heterocycles. The summed E-state index contributed by atoms with van der Waals surface area (Å²) >= 11 is 0. The van der Waals surface area contributed by atoms with Crippen LogP contribution in [0, 0.1) is 5.92 Å². The molecule has 0 radical (unpaired) electrons. The Kier molecular flexibility index (Phi) is 7.84. The molecule has 0 saturated carbocycles. The van der Waals surface area contributed by atoms with Gasteiger partial charge in [-0.3, -0.25) is 19.7 Å². The van der Waals surface area contributed by atoms with Gasteiger partial charge in [0, 0.05) is 19.6 Å². The number of piperidine rings is 1. The summed E-state index contributed by atoms with van der Waals surface area (Å²) in [6, 6.07) is 2.64. The fraction of sp³-hybridized carbons (Fsp3) is 0.556. The van der Waals surface area contributed by atoms with E-state index < -0.39 is 24.5 Å². The molecule has 0 spiro atoms. The largest absolute Gasteiger partial charge is 0.459 e. The lowest BCUT2D eigenvalue weighted by Gasteiger charge is -2.30. The molecule has 0 bridgehead atoms. The van der Waals surface area contributed by atoms with E-state index in [4.69, 9.17) is 9.15 Å². The Hall–Kier alpha value is -2.84. The monoisotopic (exact) mass is 379 g/mol. The van der Waals surface area contributed by atoms with Crippen LogP contribution in [0.4, 0.5) is 4.79 Å². The first-order chi connectivity index (χ1) is 13.0. The molecule has 1 aliphatic heterocycles. The van der Waals surface area contributed by atoms with E-state index in [1.807, 2.05) is 6.92 Å². The predicted octanol–water partition coefficient (Wildman–Crippen LogP) is 1.30. The summed E-state index contributed by atoms with van der Waals surface area (Å²) in [5, 5.41) is 4.64. The number of imide groups is 1. The number of esters is 1. The molecule has 9 nitrogen and oxygen atoms in total. The third-order valence-corrected chi connectivity index (χ3v) is 4.26. The van der Waals surface area contributed by atoms with Gasteiger partial charge in [0.05, 0.1) is 12.2 Å². The van der Waals surface area contributed by atoms with Gasteiger partial charge in [0.25, 0.3) is 11.8 Å². The molecule has 27 heavy (non-hydrogen) atoms. The zero-order valence-electron chi connectivity index (χ0n) is 15.4. The number of nitrogens with zero attached hydrogens (tertiary/aromatic N) is 1. The van der Waals surface area contributed by atoms with Gasteiger partial charge < -0.3 is 19.4 Å². The standard InChI is InChI=1S/C18H25N3O6/c1-2-3-8-19-18(25)20-15(22)12-27-17(24)13-6-9-21(10-7-13)16(23)14-5-4-11-26-14/h4-5,11,13H,2-3,6-10,12H2,1H3,(H2,19,20,22,25). The van der Waals surface area contributed by atoms with E-state index >= 15 is 0 Å². The van der Waals surface area contributed by atoms with Crippen LogP contribution in [0.15, 0.2) is 22.8 Å². The maximum atomic E-state index is 12.2. The molecule has 1 saturated heterocycles. The fourth-order valence-corrected chi connectivity index (χ4v) is 2.71. The molecule has 0 aliphatic carbocycles. The van der Waals surface area contributed by atoms with Crippen molar-refractivity contribution in [3.05, 3.63) is 24.2 Å². The third-order valence-electron chi connectivity index (χ3n) is 4.26. The van der Waals surface area contributed by atoms with E-state index in [1.165, 1.54) is 6.26 Å². The highest BCUT2D eigenvalue weighted by molar-refractivity contribution is 5.95. The lowest BCUT2D eigenvalue weighted by Crippen LogP contribution is -2.43. The Labute approximate surface area is 157 Å². The fourth-order valence-electron chi connectivity index (χ4n) is 2.71. The van der Waals surface area contributed by atoms with Crippen LogP contribution in [0.25, 0.3) is 0 Å². The lowest BCUT2D eigenvalue weighted by atomic mass is 9.97. The van der Waals surface area contributed by atoms with Gasteiger partial charge in [0.2, 0.25) is 0 Å². The van der Waals surface area contributed by atoms with Gasteiger partial charge in [0.15, 0.2) is 12.4 Å². The normalized spacial score (nSPS) is 14.5. The first kappa shape index (κ1) is 20.5. The maximum Gasteiger partial charge on any atom is 0.321 e. The van der Waals surface area contributed by atoms with Gasteiger partial charge in [-0.25, -0.2) is 4.79 Å².